The summed E-state index contributed by atoms with van der Waals surface area (Å²) in [5.74, 6) is 0.728. The van der Waals surface area contributed by atoms with E-state index in [1.54, 1.807) is 28.2 Å². The summed E-state index contributed by atoms with van der Waals surface area (Å²) < 4.78 is 30.4. The minimum Gasteiger partial charge on any atom is -0.306 e. The molecule has 0 bridgehead atoms. The average molecular weight is 550 g/mol. The van der Waals surface area contributed by atoms with Gasteiger partial charge >= 0.3 is 0 Å². The Morgan fingerprint density at radius 3 is 2.42 bits per heavy atom. The molecule has 10 heteroatoms. The number of rotatable bonds is 5. The van der Waals surface area contributed by atoms with Gasteiger partial charge in [0.2, 0.25) is 15.2 Å². The fourth-order valence-electron chi connectivity index (χ4n) is 5.31. The van der Waals surface area contributed by atoms with Crippen LogP contribution in [-0.2, 0) is 22.9 Å². The van der Waals surface area contributed by atoms with Crippen LogP contribution in [0.5, 0.6) is 0 Å². The molecule has 0 spiro atoms. The largest absolute Gasteiger partial charge is 0.306 e. The number of piperidine rings is 1. The molecule has 0 atom stereocenters. The normalized spacial score (nSPS) is 17.0. The molecule has 8 nitrogen and oxygen atoms in total. The fraction of sp³-hybridized carbons (Fsp3) is 0.393. The predicted molar refractivity (Wildman–Crippen MR) is 150 cm³/mol. The number of anilines is 1. The summed E-state index contributed by atoms with van der Waals surface area (Å²) in [4.78, 5) is 18.2. The molecule has 2 aromatic carbocycles. The molecule has 2 aliphatic rings. The third kappa shape index (κ3) is 4.76. The van der Waals surface area contributed by atoms with E-state index >= 15 is 0 Å². The first-order chi connectivity index (χ1) is 18.3. The molecule has 1 saturated heterocycles. The number of nitrogens with one attached hydrogen (secondary N) is 1. The summed E-state index contributed by atoms with van der Waals surface area (Å²) in [6.45, 7) is 5.08. The number of sulfonamides is 1. The highest BCUT2D eigenvalue weighted by atomic mass is 32.2. The van der Waals surface area contributed by atoms with Crippen LogP contribution < -0.4 is 5.32 Å². The molecule has 1 aliphatic heterocycles. The Balaban J connectivity index is 1.22. The van der Waals surface area contributed by atoms with Crippen molar-refractivity contribution in [3.8, 4) is 5.13 Å². The van der Waals surface area contributed by atoms with Gasteiger partial charge in [0.15, 0.2) is 0 Å². The highest BCUT2D eigenvalue weighted by Crippen LogP contribution is 2.32. The lowest BCUT2D eigenvalue weighted by atomic mass is 9.92. The van der Waals surface area contributed by atoms with Gasteiger partial charge < -0.3 is 5.32 Å². The van der Waals surface area contributed by atoms with Crippen LogP contribution in [0, 0.1) is 12.8 Å². The number of fused-ring (bicyclic) bond motifs is 2. The predicted octanol–water partition coefficient (Wildman–Crippen LogP) is 5.34. The van der Waals surface area contributed by atoms with Crippen LogP contribution in [0.3, 0.4) is 0 Å². The van der Waals surface area contributed by atoms with Crippen molar-refractivity contribution in [2.45, 2.75) is 57.3 Å². The van der Waals surface area contributed by atoms with Crippen molar-refractivity contribution < 1.29 is 13.2 Å². The second-order valence-electron chi connectivity index (χ2n) is 10.4. The van der Waals surface area contributed by atoms with Gasteiger partial charge in [0.05, 0.1) is 20.8 Å². The van der Waals surface area contributed by atoms with E-state index in [4.69, 9.17) is 4.98 Å². The van der Waals surface area contributed by atoms with Gasteiger partial charge in [0, 0.05) is 24.7 Å². The van der Waals surface area contributed by atoms with Crippen molar-refractivity contribution in [3.05, 3.63) is 64.8 Å². The molecular formula is C28H31N5O3S2. The first kappa shape index (κ1) is 25.2. The average Bonchev–Trinajstić information content (AvgIpc) is 3.49. The second kappa shape index (κ2) is 9.91. The maximum Gasteiger partial charge on any atom is 0.256 e. The molecule has 198 valence electrons. The van der Waals surface area contributed by atoms with Gasteiger partial charge in [-0.05, 0) is 98.9 Å². The van der Waals surface area contributed by atoms with E-state index < -0.39 is 10.0 Å². The summed E-state index contributed by atoms with van der Waals surface area (Å²) in [5.41, 5.74) is 4.88. The third-order valence-electron chi connectivity index (χ3n) is 7.59. The third-order valence-corrected chi connectivity index (χ3v) is 10.5. The van der Waals surface area contributed by atoms with Gasteiger partial charge in [-0.2, -0.15) is 14.1 Å². The second-order valence-corrected chi connectivity index (χ2v) is 13.4. The van der Waals surface area contributed by atoms with Gasteiger partial charge in [0.1, 0.15) is 5.82 Å². The number of aromatic nitrogens is 3. The molecule has 6 rings (SSSR count). The highest BCUT2D eigenvalue weighted by Gasteiger charge is 2.28. The SMILES string of the molecule is Cc1cc(NC(=O)c2ccc(S(=O)(=O)N3CCC(C)CC3)cc2)n(-c2nc3cc4c(cc3s2)CCCC4)n1. The molecule has 3 heterocycles. The van der Waals surface area contributed by atoms with E-state index in [-0.39, 0.29) is 10.8 Å². The number of benzene rings is 2. The summed E-state index contributed by atoms with van der Waals surface area (Å²) >= 11 is 1.56. The Bertz CT molecular complexity index is 1570. The van der Waals surface area contributed by atoms with E-state index in [2.05, 4.69) is 29.5 Å². The standard InChI is InChI=1S/C28H31N5O3S2/c1-18-11-13-32(14-12-18)38(35,36)23-9-7-20(8-10-23)27(34)30-26-15-19(2)31-33(26)28-29-24-16-21-5-3-4-6-22(21)17-25(24)37-28/h7-10,15-18H,3-6,11-14H2,1-2H3,(H,30,34). The van der Waals surface area contributed by atoms with Crippen molar-refractivity contribution in [2.24, 2.45) is 5.92 Å². The van der Waals surface area contributed by atoms with Gasteiger partial charge in [-0.1, -0.05) is 18.3 Å². The molecule has 0 radical (unpaired) electrons. The van der Waals surface area contributed by atoms with Gasteiger partial charge in [0.25, 0.3) is 5.91 Å². The van der Waals surface area contributed by atoms with E-state index in [0.29, 0.717) is 35.5 Å². The molecule has 1 fully saturated rings. The van der Waals surface area contributed by atoms with Gasteiger partial charge in [-0.25, -0.2) is 13.4 Å². The van der Waals surface area contributed by atoms with Crippen LogP contribution in [-0.4, -0.2) is 46.5 Å². The highest BCUT2D eigenvalue weighted by molar-refractivity contribution is 7.89. The van der Waals surface area contributed by atoms with Gasteiger partial charge in [-0.15, -0.1) is 0 Å². The number of amides is 1. The zero-order valence-corrected chi connectivity index (χ0v) is 23.2. The molecule has 2 aromatic heterocycles. The fourth-order valence-corrected chi connectivity index (χ4v) is 7.76. The summed E-state index contributed by atoms with van der Waals surface area (Å²) in [6, 6.07) is 12.4. The number of carbonyl (C=O) groups excluding carboxylic acids is 1. The zero-order chi connectivity index (χ0) is 26.4. The van der Waals surface area contributed by atoms with E-state index in [1.165, 1.54) is 40.4 Å². The molecule has 38 heavy (non-hydrogen) atoms. The molecule has 0 unspecified atom stereocenters. The lowest BCUT2D eigenvalue weighted by Gasteiger charge is -2.29. The number of nitrogens with zero attached hydrogens (tertiary/aromatic N) is 4. The first-order valence-electron chi connectivity index (χ1n) is 13.2. The zero-order valence-electron chi connectivity index (χ0n) is 21.6. The first-order valence-corrected chi connectivity index (χ1v) is 15.4. The monoisotopic (exact) mass is 549 g/mol. The van der Waals surface area contributed by atoms with Crippen LogP contribution >= 0.6 is 11.3 Å². The molecule has 1 N–H and O–H groups in total. The number of hydrogen-bond acceptors (Lipinski definition) is 6. The van der Waals surface area contributed by atoms with Gasteiger partial charge in [-0.3, -0.25) is 4.79 Å². The maximum atomic E-state index is 13.1. The lowest BCUT2D eigenvalue weighted by molar-refractivity contribution is 0.102. The molecule has 4 aromatic rings. The lowest BCUT2D eigenvalue weighted by Crippen LogP contribution is -2.37. The number of hydrogen-bond donors (Lipinski definition) is 1. The van der Waals surface area contributed by atoms with E-state index in [1.807, 2.05) is 13.0 Å². The number of aryl methyl sites for hydroxylation is 3. The number of thiazole rings is 1. The van der Waals surface area contributed by atoms with Crippen molar-refractivity contribution in [1.82, 2.24) is 19.1 Å². The van der Waals surface area contributed by atoms with Crippen molar-refractivity contribution in [1.29, 1.82) is 0 Å². The Labute approximate surface area is 226 Å². The number of carbonyl (C=O) groups is 1. The van der Waals surface area contributed by atoms with E-state index in [0.717, 1.165) is 41.6 Å². The molecular weight excluding hydrogens is 518 g/mol. The summed E-state index contributed by atoms with van der Waals surface area (Å²) in [7, 11) is -3.56. The van der Waals surface area contributed by atoms with Crippen LogP contribution in [0.2, 0.25) is 0 Å². The molecule has 0 saturated carbocycles. The quantitative estimate of drug-likeness (QED) is 0.362. The Morgan fingerprint density at radius 1 is 1.03 bits per heavy atom. The summed E-state index contributed by atoms with van der Waals surface area (Å²) in [6.07, 6.45) is 6.38. The van der Waals surface area contributed by atoms with Crippen molar-refractivity contribution in [3.63, 3.8) is 0 Å². The van der Waals surface area contributed by atoms with E-state index in [9.17, 15) is 13.2 Å². The maximum absolute atomic E-state index is 13.1. The Hall–Kier alpha value is -3.08. The van der Waals surface area contributed by atoms with Crippen LogP contribution in [0.25, 0.3) is 15.3 Å². The molecule has 1 amide bonds. The van der Waals surface area contributed by atoms with Crippen molar-refractivity contribution >= 4 is 43.3 Å². The topological polar surface area (TPSA) is 97.2 Å². The van der Waals surface area contributed by atoms with Crippen molar-refractivity contribution in [2.75, 3.05) is 18.4 Å². The Morgan fingerprint density at radius 2 is 1.71 bits per heavy atom. The van der Waals surface area contributed by atoms with Crippen LogP contribution in [0.15, 0.2) is 47.4 Å². The smallest absolute Gasteiger partial charge is 0.256 e. The molecule has 1 aliphatic carbocycles. The minimum atomic E-state index is -3.56. The minimum absolute atomic E-state index is 0.210. The van der Waals surface area contributed by atoms with Crippen LogP contribution in [0.1, 0.15) is 59.8 Å². The van der Waals surface area contributed by atoms with Crippen LogP contribution in [0.4, 0.5) is 5.82 Å². The Kier molecular flexibility index (Phi) is 6.57. The summed E-state index contributed by atoms with van der Waals surface area (Å²) in [5, 5.41) is 8.23.